The zero-order valence-corrected chi connectivity index (χ0v) is 16.6. The van der Waals surface area contributed by atoms with E-state index in [1.165, 1.54) is 25.3 Å². The number of nitro groups is 1. The Morgan fingerprint density at radius 3 is 2.43 bits per heavy atom. The number of carbonyl (C=O) groups is 1. The summed E-state index contributed by atoms with van der Waals surface area (Å²) in [4.78, 5) is 24.7. The first kappa shape index (κ1) is 20.7. The Balaban J connectivity index is 1.72. The first-order valence-corrected chi connectivity index (χ1v) is 9.13. The van der Waals surface area contributed by atoms with Crippen molar-refractivity contribution < 1.29 is 19.2 Å². The van der Waals surface area contributed by atoms with Crippen LogP contribution in [0.25, 0.3) is 0 Å². The number of para-hydroxylation sites is 3. The second kappa shape index (κ2) is 9.42. The Bertz CT molecular complexity index is 1040. The standard InChI is InChI=1S/C22H21N3O5/c1-24(19-10-6-7-11-20(19)30-17-8-4-3-5-9-17)15-22(26)23-18-13-12-16(25(27)28)14-21(18)29-2/h3-14H,15H2,1-2H3,(H,23,26). The molecule has 0 spiro atoms. The van der Waals surface area contributed by atoms with Crippen molar-refractivity contribution in [2.75, 3.05) is 30.9 Å². The number of amides is 1. The highest BCUT2D eigenvalue weighted by Crippen LogP contribution is 2.32. The molecule has 0 aliphatic heterocycles. The molecular formula is C22H21N3O5. The highest BCUT2D eigenvalue weighted by molar-refractivity contribution is 5.95. The summed E-state index contributed by atoms with van der Waals surface area (Å²) in [5, 5.41) is 13.6. The number of rotatable bonds is 8. The number of anilines is 2. The maximum Gasteiger partial charge on any atom is 0.273 e. The third-order valence-electron chi connectivity index (χ3n) is 4.30. The van der Waals surface area contributed by atoms with Gasteiger partial charge in [0.15, 0.2) is 5.75 Å². The summed E-state index contributed by atoms with van der Waals surface area (Å²) in [7, 11) is 3.16. The summed E-state index contributed by atoms with van der Waals surface area (Å²) in [5.74, 6) is 1.22. The molecule has 3 aromatic rings. The lowest BCUT2D eigenvalue weighted by Gasteiger charge is -2.22. The van der Waals surface area contributed by atoms with Gasteiger partial charge in [-0.15, -0.1) is 0 Å². The Morgan fingerprint density at radius 2 is 1.73 bits per heavy atom. The predicted molar refractivity (Wildman–Crippen MR) is 115 cm³/mol. The number of non-ortho nitro benzene ring substituents is 1. The number of hydrogen-bond donors (Lipinski definition) is 1. The van der Waals surface area contributed by atoms with E-state index in [-0.39, 0.29) is 23.9 Å². The highest BCUT2D eigenvalue weighted by Gasteiger charge is 2.16. The van der Waals surface area contributed by atoms with Gasteiger partial charge in [-0.3, -0.25) is 14.9 Å². The average molecular weight is 407 g/mol. The van der Waals surface area contributed by atoms with Gasteiger partial charge in [0, 0.05) is 13.1 Å². The lowest BCUT2D eigenvalue weighted by molar-refractivity contribution is -0.384. The number of benzene rings is 3. The third-order valence-corrected chi connectivity index (χ3v) is 4.30. The minimum absolute atomic E-state index is 0.0370. The molecule has 0 heterocycles. The van der Waals surface area contributed by atoms with Gasteiger partial charge in [-0.05, 0) is 30.3 Å². The van der Waals surface area contributed by atoms with Crippen molar-refractivity contribution in [3.05, 3.63) is 82.9 Å². The molecule has 1 N–H and O–H groups in total. The summed E-state index contributed by atoms with van der Waals surface area (Å²) < 4.78 is 11.1. The van der Waals surface area contributed by atoms with Gasteiger partial charge in [0.25, 0.3) is 5.69 Å². The monoisotopic (exact) mass is 407 g/mol. The van der Waals surface area contributed by atoms with Gasteiger partial charge in [0.1, 0.15) is 11.5 Å². The van der Waals surface area contributed by atoms with Crippen molar-refractivity contribution in [3.63, 3.8) is 0 Å². The molecule has 3 aromatic carbocycles. The summed E-state index contributed by atoms with van der Waals surface area (Å²) >= 11 is 0. The number of nitro benzene ring substituents is 1. The maximum atomic E-state index is 12.6. The number of hydrogen-bond acceptors (Lipinski definition) is 6. The van der Waals surface area contributed by atoms with Gasteiger partial charge in [-0.2, -0.15) is 0 Å². The van der Waals surface area contributed by atoms with Gasteiger partial charge < -0.3 is 19.7 Å². The van der Waals surface area contributed by atoms with Crippen LogP contribution < -0.4 is 19.7 Å². The fourth-order valence-corrected chi connectivity index (χ4v) is 2.86. The minimum Gasteiger partial charge on any atom is -0.494 e. The van der Waals surface area contributed by atoms with Crippen LogP contribution in [0.1, 0.15) is 0 Å². The van der Waals surface area contributed by atoms with Crippen molar-refractivity contribution in [2.45, 2.75) is 0 Å². The van der Waals surface area contributed by atoms with Crippen molar-refractivity contribution >= 4 is 23.0 Å². The van der Waals surface area contributed by atoms with E-state index in [0.29, 0.717) is 17.2 Å². The summed E-state index contributed by atoms with van der Waals surface area (Å²) in [6.07, 6.45) is 0. The van der Waals surface area contributed by atoms with Gasteiger partial charge in [0.2, 0.25) is 5.91 Å². The predicted octanol–water partition coefficient (Wildman–Crippen LogP) is 4.47. The molecule has 0 saturated heterocycles. The largest absolute Gasteiger partial charge is 0.494 e. The van der Waals surface area contributed by atoms with E-state index in [2.05, 4.69) is 5.32 Å². The van der Waals surface area contributed by atoms with Gasteiger partial charge in [0.05, 0.1) is 36.0 Å². The molecule has 0 aliphatic carbocycles. The molecule has 0 atom stereocenters. The van der Waals surface area contributed by atoms with E-state index in [9.17, 15) is 14.9 Å². The molecule has 30 heavy (non-hydrogen) atoms. The van der Waals surface area contributed by atoms with E-state index < -0.39 is 4.92 Å². The second-order valence-electron chi connectivity index (χ2n) is 6.43. The van der Waals surface area contributed by atoms with Gasteiger partial charge in [-0.1, -0.05) is 30.3 Å². The third kappa shape index (κ3) is 5.05. The van der Waals surface area contributed by atoms with Crippen molar-refractivity contribution in [1.29, 1.82) is 0 Å². The first-order chi connectivity index (χ1) is 14.5. The highest BCUT2D eigenvalue weighted by atomic mass is 16.6. The van der Waals surface area contributed by atoms with Crippen LogP contribution in [0.5, 0.6) is 17.2 Å². The molecule has 8 heteroatoms. The minimum atomic E-state index is -0.522. The summed E-state index contributed by atoms with van der Waals surface area (Å²) in [6.45, 7) is 0.0370. The summed E-state index contributed by atoms with van der Waals surface area (Å²) in [5.41, 5.74) is 0.983. The van der Waals surface area contributed by atoms with Crippen LogP contribution in [0.2, 0.25) is 0 Å². The van der Waals surface area contributed by atoms with Crippen LogP contribution in [-0.4, -0.2) is 31.5 Å². The number of carbonyl (C=O) groups excluding carboxylic acids is 1. The molecule has 8 nitrogen and oxygen atoms in total. The maximum absolute atomic E-state index is 12.6. The topological polar surface area (TPSA) is 93.9 Å². The number of ether oxygens (including phenoxy) is 2. The zero-order valence-electron chi connectivity index (χ0n) is 16.6. The molecule has 154 valence electrons. The molecule has 0 saturated carbocycles. The Kier molecular flexibility index (Phi) is 6.49. The summed E-state index contributed by atoms with van der Waals surface area (Å²) in [6, 6.07) is 20.8. The fourth-order valence-electron chi connectivity index (χ4n) is 2.86. The molecule has 0 aromatic heterocycles. The van der Waals surface area contributed by atoms with Crippen LogP contribution in [0.15, 0.2) is 72.8 Å². The number of methoxy groups -OCH3 is 1. The normalized spacial score (nSPS) is 10.2. The van der Waals surface area contributed by atoms with E-state index in [1.54, 1.807) is 11.9 Å². The average Bonchev–Trinajstić information content (AvgIpc) is 2.74. The van der Waals surface area contributed by atoms with Gasteiger partial charge >= 0.3 is 0 Å². The van der Waals surface area contributed by atoms with E-state index in [4.69, 9.17) is 9.47 Å². The van der Waals surface area contributed by atoms with E-state index in [1.807, 2.05) is 54.6 Å². The first-order valence-electron chi connectivity index (χ1n) is 9.13. The van der Waals surface area contributed by atoms with Crippen molar-refractivity contribution in [3.8, 4) is 17.2 Å². The van der Waals surface area contributed by atoms with Crippen LogP contribution in [0, 0.1) is 10.1 Å². The quantitative estimate of drug-likeness (QED) is 0.437. The van der Waals surface area contributed by atoms with Crippen LogP contribution >= 0.6 is 0 Å². The molecule has 0 fully saturated rings. The lowest BCUT2D eigenvalue weighted by Crippen LogP contribution is -2.30. The molecule has 0 aliphatic rings. The van der Waals surface area contributed by atoms with Crippen LogP contribution in [0.3, 0.4) is 0 Å². The zero-order chi connectivity index (χ0) is 21.5. The number of nitrogens with zero attached hydrogens (tertiary/aromatic N) is 2. The van der Waals surface area contributed by atoms with Crippen LogP contribution in [0.4, 0.5) is 17.1 Å². The Morgan fingerprint density at radius 1 is 1.03 bits per heavy atom. The smallest absolute Gasteiger partial charge is 0.273 e. The molecule has 1 amide bonds. The molecule has 0 bridgehead atoms. The fraction of sp³-hybridized carbons (Fsp3) is 0.136. The van der Waals surface area contributed by atoms with Gasteiger partial charge in [-0.25, -0.2) is 0 Å². The number of nitrogens with one attached hydrogen (secondary N) is 1. The molecule has 0 unspecified atom stereocenters. The Hall–Kier alpha value is -4.07. The van der Waals surface area contributed by atoms with Crippen LogP contribution in [-0.2, 0) is 4.79 Å². The molecule has 3 rings (SSSR count). The van der Waals surface area contributed by atoms with E-state index >= 15 is 0 Å². The number of likely N-dealkylation sites (N-methyl/N-ethyl adjacent to an activating group) is 1. The van der Waals surface area contributed by atoms with Crippen molar-refractivity contribution in [2.24, 2.45) is 0 Å². The molecule has 0 radical (unpaired) electrons. The SMILES string of the molecule is COc1cc([N+](=O)[O-])ccc1NC(=O)CN(C)c1ccccc1Oc1ccccc1. The lowest BCUT2D eigenvalue weighted by atomic mass is 10.2. The second-order valence-corrected chi connectivity index (χ2v) is 6.43. The Labute approximate surface area is 173 Å². The van der Waals surface area contributed by atoms with E-state index in [0.717, 1.165) is 5.69 Å². The van der Waals surface area contributed by atoms with Crippen molar-refractivity contribution in [1.82, 2.24) is 0 Å². The molecular weight excluding hydrogens is 386 g/mol.